The molecule has 1 aliphatic rings. The number of aromatic nitrogens is 1. The van der Waals surface area contributed by atoms with Gasteiger partial charge in [0.05, 0.1) is 22.5 Å². The van der Waals surface area contributed by atoms with Gasteiger partial charge in [0.15, 0.2) is 6.10 Å². The molecule has 2 atom stereocenters. The van der Waals surface area contributed by atoms with Crippen molar-refractivity contribution in [3.05, 3.63) is 126 Å². The smallest absolute Gasteiger partial charge is 0.297 e. The summed E-state index contributed by atoms with van der Waals surface area (Å²) >= 11 is 0. The third-order valence-corrected chi connectivity index (χ3v) is 8.95. The van der Waals surface area contributed by atoms with Gasteiger partial charge in [0.1, 0.15) is 11.9 Å². The Labute approximate surface area is 235 Å². The summed E-state index contributed by atoms with van der Waals surface area (Å²) in [7, 11) is -4.28. The Morgan fingerprint density at radius 2 is 1.46 bits per heavy atom. The lowest BCUT2D eigenvalue weighted by molar-refractivity contribution is -0.134. The number of hydrogen-bond donors (Lipinski definition) is 0. The first-order valence-electron chi connectivity index (χ1n) is 13.1. The van der Waals surface area contributed by atoms with E-state index in [0.717, 1.165) is 44.1 Å². The normalized spacial score (nSPS) is 17.3. The first kappa shape index (κ1) is 25.3. The van der Waals surface area contributed by atoms with E-state index in [0.29, 0.717) is 11.4 Å². The number of benzene rings is 5. The molecular formula is C33H23FN2O4S. The fourth-order valence-corrected chi connectivity index (χ4v) is 6.65. The van der Waals surface area contributed by atoms with Crippen LogP contribution >= 0.6 is 0 Å². The zero-order chi connectivity index (χ0) is 28.3. The summed E-state index contributed by atoms with van der Waals surface area (Å²) in [6, 6.07) is 29.9. The Bertz CT molecular complexity index is 2100. The van der Waals surface area contributed by atoms with Crippen molar-refractivity contribution >= 4 is 54.0 Å². The van der Waals surface area contributed by atoms with E-state index >= 15 is 0 Å². The summed E-state index contributed by atoms with van der Waals surface area (Å²) in [6.45, 7) is 1.85. The standard InChI is InChI=1S/C33H23FN2O4S/c1-20-10-14-23(15-11-20)41(38,39)40-32-31(29-17-13-22(34)19-35-29)36(33(32)37)30-18-28-24-7-3-2-6-21(24)12-16-26(28)25-8-4-5-9-27(25)30/h2-19,31-32H,1H3. The van der Waals surface area contributed by atoms with Crippen LogP contribution in [0.3, 0.4) is 0 Å². The van der Waals surface area contributed by atoms with Crippen molar-refractivity contribution in [2.24, 2.45) is 0 Å². The van der Waals surface area contributed by atoms with Crippen molar-refractivity contribution in [1.29, 1.82) is 0 Å². The van der Waals surface area contributed by atoms with E-state index in [-0.39, 0.29) is 4.90 Å². The summed E-state index contributed by atoms with van der Waals surface area (Å²) < 4.78 is 45.9. The Morgan fingerprint density at radius 1 is 0.780 bits per heavy atom. The molecule has 5 aromatic carbocycles. The van der Waals surface area contributed by atoms with Crippen LogP contribution < -0.4 is 4.90 Å². The molecule has 1 aliphatic heterocycles. The highest BCUT2D eigenvalue weighted by molar-refractivity contribution is 7.86. The van der Waals surface area contributed by atoms with E-state index < -0.39 is 34.0 Å². The number of fused-ring (bicyclic) bond motifs is 5. The number of aryl methyl sites for hydroxylation is 1. The van der Waals surface area contributed by atoms with Crippen molar-refractivity contribution in [1.82, 2.24) is 4.98 Å². The minimum atomic E-state index is -4.28. The number of β-lactam (4-membered cyclic amide) rings is 1. The van der Waals surface area contributed by atoms with Crippen molar-refractivity contribution in [3.8, 4) is 0 Å². The molecule has 0 saturated carbocycles. The second kappa shape index (κ2) is 9.47. The van der Waals surface area contributed by atoms with Crippen LogP contribution in [0.5, 0.6) is 0 Å². The van der Waals surface area contributed by atoms with Crippen molar-refractivity contribution < 1.29 is 21.8 Å². The molecule has 7 rings (SSSR count). The van der Waals surface area contributed by atoms with Crippen LogP contribution in [-0.2, 0) is 19.1 Å². The van der Waals surface area contributed by atoms with Crippen LogP contribution in [0.2, 0.25) is 0 Å². The molecule has 0 aliphatic carbocycles. The molecular weight excluding hydrogens is 539 g/mol. The number of carbonyl (C=O) groups is 1. The maximum atomic E-state index is 13.9. The maximum Gasteiger partial charge on any atom is 0.297 e. The first-order valence-corrected chi connectivity index (χ1v) is 14.5. The van der Waals surface area contributed by atoms with E-state index in [1.165, 1.54) is 29.2 Å². The molecule has 1 aromatic heterocycles. The average molecular weight is 563 g/mol. The van der Waals surface area contributed by atoms with Crippen molar-refractivity contribution in [2.45, 2.75) is 24.0 Å². The zero-order valence-corrected chi connectivity index (χ0v) is 22.7. The van der Waals surface area contributed by atoms with Crippen LogP contribution in [0.4, 0.5) is 10.1 Å². The van der Waals surface area contributed by atoms with Gasteiger partial charge in [0.2, 0.25) is 0 Å². The van der Waals surface area contributed by atoms with Gasteiger partial charge in [-0.3, -0.25) is 18.9 Å². The Morgan fingerprint density at radius 3 is 2.20 bits per heavy atom. The molecule has 41 heavy (non-hydrogen) atoms. The zero-order valence-electron chi connectivity index (χ0n) is 21.9. The number of nitrogens with zero attached hydrogens (tertiary/aromatic N) is 2. The lowest BCUT2D eigenvalue weighted by atomic mass is 9.90. The largest absolute Gasteiger partial charge is 0.297 e. The van der Waals surface area contributed by atoms with Crippen molar-refractivity contribution in [3.63, 3.8) is 0 Å². The molecule has 2 unspecified atom stereocenters. The van der Waals surface area contributed by atoms with E-state index in [1.54, 1.807) is 12.1 Å². The van der Waals surface area contributed by atoms with Gasteiger partial charge in [-0.25, -0.2) is 4.39 Å². The SMILES string of the molecule is Cc1ccc(S(=O)(=O)OC2C(=O)N(c3cc4c5ccccc5ccc4c4ccccc34)C2c2ccc(F)cn2)cc1. The Kier molecular flexibility index (Phi) is 5.85. The van der Waals surface area contributed by atoms with Crippen LogP contribution in [0.25, 0.3) is 32.3 Å². The van der Waals surface area contributed by atoms with Crippen LogP contribution in [0, 0.1) is 12.7 Å². The van der Waals surface area contributed by atoms with E-state index in [1.807, 2.05) is 61.5 Å². The summed E-state index contributed by atoms with van der Waals surface area (Å²) in [5, 5.41) is 5.82. The van der Waals surface area contributed by atoms with E-state index in [4.69, 9.17) is 4.18 Å². The topological polar surface area (TPSA) is 76.6 Å². The van der Waals surface area contributed by atoms with E-state index in [2.05, 4.69) is 17.1 Å². The lowest BCUT2D eigenvalue weighted by Crippen LogP contribution is -2.61. The number of halogens is 1. The molecule has 1 fully saturated rings. The average Bonchev–Trinajstić information content (AvgIpc) is 2.99. The quantitative estimate of drug-likeness (QED) is 0.130. The van der Waals surface area contributed by atoms with Gasteiger partial charge in [-0.1, -0.05) is 78.4 Å². The summed E-state index contributed by atoms with van der Waals surface area (Å²) in [6.07, 6.45) is -0.324. The molecule has 1 amide bonds. The predicted octanol–water partition coefficient (Wildman–Crippen LogP) is 6.85. The van der Waals surface area contributed by atoms with E-state index in [9.17, 15) is 17.6 Å². The lowest BCUT2D eigenvalue weighted by Gasteiger charge is -2.46. The molecule has 0 spiro atoms. The monoisotopic (exact) mass is 562 g/mol. The summed E-state index contributed by atoms with van der Waals surface area (Å²) in [5.41, 5.74) is 1.80. The molecule has 0 N–H and O–H groups in total. The van der Waals surface area contributed by atoms with Crippen LogP contribution in [-0.4, -0.2) is 25.4 Å². The van der Waals surface area contributed by atoms with Gasteiger partial charge in [-0.05, 0) is 64.2 Å². The van der Waals surface area contributed by atoms with Gasteiger partial charge in [-0.2, -0.15) is 8.42 Å². The molecule has 0 radical (unpaired) electrons. The van der Waals surface area contributed by atoms with Gasteiger partial charge in [0, 0.05) is 5.39 Å². The Hall–Kier alpha value is -4.66. The number of rotatable bonds is 5. The predicted molar refractivity (Wildman–Crippen MR) is 157 cm³/mol. The number of carbonyl (C=O) groups excluding carboxylic acids is 1. The molecule has 2 heterocycles. The molecule has 8 heteroatoms. The fraction of sp³-hybridized carbons (Fsp3) is 0.0909. The van der Waals surface area contributed by atoms with Gasteiger partial charge < -0.3 is 0 Å². The summed E-state index contributed by atoms with van der Waals surface area (Å²) in [5.74, 6) is -1.07. The van der Waals surface area contributed by atoms with Gasteiger partial charge >= 0.3 is 0 Å². The minimum Gasteiger partial charge on any atom is -0.297 e. The third-order valence-electron chi connectivity index (χ3n) is 7.64. The van der Waals surface area contributed by atoms with Crippen molar-refractivity contribution in [2.75, 3.05) is 4.90 Å². The number of anilines is 1. The van der Waals surface area contributed by atoms with Crippen LogP contribution in [0.1, 0.15) is 17.3 Å². The third kappa shape index (κ3) is 4.15. The first-order chi connectivity index (χ1) is 19.8. The highest BCUT2D eigenvalue weighted by Crippen LogP contribution is 2.46. The summed E-state index contributed by atoms with van der Waals surface area (Å²) in [4.78, 5) is 19.5. The second-order valence-corrected chi connectivity index (χ2v) is 11.7. The molecule has 6 nitrogen and oxygen atoms in total. The van der Waals surface area contributed by atoms with Gasteiger partial charge in [0.25, 0.3) is 16.0 Å². The highest BCUT2D eigenvalue weighted by atomic mass is 32.2. The highest BCUT2D eigenvalue weighted by Gasteiger charge is 2.53. The molecule has 1 saturated heterocycles. The molecule has 6 aromatic rings. The minimum absolute atomic E-state index is 0.0530. The van der Waals surface area contributed by atoms with Gasteiger partial charge in [-0.15, -0.1) is 0 Å². The van der Waals surface area contributed by atoms with Crippen LogP contribution in [0.15, 0.2) is 114 Å². The fourth-order valence-electron chi connectivity index (χ4n) is 5.61. The molecule has 202 valence electrons. The molecule has 0 bridgehead atoms. The maximum absolute atomic E-state index is 13.9. The number of pyridine rings is 1. The Balaban J connectivity index is 1.40. The number of amides is 1. The number of hydrogen-bond acceptors (Lipinski definition) is 5. The second-order valence-electron chi connectivity index (χ2n) is 10.2.